The summed E-state index contributed by atoms with van der Waals surface area (Å²) in [5, 5.41) is 2.84. The van der Waals surface area contributed by atoms with Crippen molar-refractivity contribution in [2.45, 2.75) is 39.2 Å². The number of amides is 1. The number of pyridine rings is 1. The molecule has 29 heavy (non-hydrogen) atoms. The van der Waals surface area contributed by atoms with Gasteiger partial charge < -0.3 is 10.1 Å². The molecule has 1 aromatic heterocycles. The Hall–Kier alpha value is -2.86. The highest BCUT2D eigenvalue weighted by Crippen LogP contribution is 2.22. The van der Waals surface area contributed by atoms with Gasteiger partial charge in [0, 0.05) is 49.2 Å². The van der Waals surface area contributed by atoms with E-state index in [1.54, 1.807) is 13.3 Å². The molecule has 0 bridgehead atoms. The maximum Gasteiger partial charge on any atom is 0.228 e. The van der Waals surface area contributed by atoms with Crippen molar-refractivity contribution in [3.8, 4) is 0 Å². The molecule has 1 aliphatic rings. The molecule has 1 N–H and O–H groups in total. The van der Waals surface area contributed by atoms with Crippen molar-refractivity contribution in [3.05, 3.63) is 65.0 Å². The number of nitrogens with zero attached hydrogens (tertiary/aromatic N) is 2. The SMILES string of the molecule is COC[C@@H](CC(=O)Cc1cc2c(cn1)C(NC(=O)C(C)C)=NC2)c1ccccc1. The Morgan fingerprint density at radius 3 is 2.66 bits per heavy atom. The molecule has 2 heterocycles. The van der Waals surface area contributed by atoms with Crippen LogP contribution >= 0.6 is 0 Å². The van der Waals surface area contributed by atoms with Gasteiger partial charge in [0.1, 0.15) is 11.6 Å². The van der Waals surface area contributed by atoms with Gasteiger partial charge in [-0.15, -0.1) is 0 Å². The highest BCUT2D eigenvalue weighted by molar-refractivity contribution is 6.10. The number of fused-ring (bicyclic) bond motifs is 1. The van der Waals surface area contributed by atoms with Gasteiger partial charge in [0.25, 0.3) is 0 Å². The summed E-state index contributed by atoms with van der Waals surface area (Å²) in [4.78, 5) is 33.4. The minimum Gasteiger partial charge on any atom is -0.384 e. The second-order valence-corrected chi connectivity index (χ2v) is 7.62. The fourth-order valence-electron chi connectivity index (χ4n) is 3.35. The number of amidine groups is 1. The van der Waals surface area contributed by atoms with Crippen LogP contribution in [0.4, 0.5) is 0 Å². The third-order valence-electron chi connectivity index (χ3n) is 4.97. The van der Waals surface area contributed by atoms with Gasteiger partial charge >= 0.3 is 0 Å². The molecule has 0 saturated heterocycles. The quantitative estimate of drug-likeness (QED) is 0.747. The number of rotatable bonds is 8. The van der Waals surface area contributed by atoms with Crippen molar-refractivity contribution in [2.75, 3.05) is 13.7 Å². The predicted molar refractivity (Wildman–Crippen MR) is 112 cm³/mol. The highest BCUT2D eigenvalue weighted by atomic mass is 16.5. The zero-order chi connectivity index (χ0) is 20.8. The van der Waals surface area contributed by atoms with E-state index in [4.69, 9.17) is 4.74 Å². The molecule has 0 radical (unpaired) electrons. The van der Waals surface area contributed by atoms with E-state index >= 15 is 0 Å². The van der Waals surface area contributed by atoms with Gasteiger partial charge in [0.15, 0.2) is 0 Å². The molecule has 0 unspecified atom stereocenters. The number of ketones is 1. The Labute approximate surface area is 171 Å². The van der Waals surface area contributed by atoms with Gasteiger partial charge in [0.2, 0.25) is 5.91 Å². The summed E-state index contributed by atoms with van der Waals surface area (Å²) in [6.07, 6.45) is 2.38. The lowest BCUT2D eigenvalue weighted by Crippen LogP contribution is -2.33. The summed E-state index contributed by atoms with van der Waals surface area (Å²) >= 11 is 0. The van der Waals surface area contributed by atoms with Crippen LogP contribution in [0.1, 0.15) is 48.6 Å². The van der Waals surface area contributed by atoms with Crippen LogP contribution in [-0.4, -0.2) is 36.2 Å². The third kappa shape index (κ3) is 5.35. The van der Waals surface area contributed by atoms with Crippen molar-refractivity contribution in [1.29, 1.82) is 0 Å². The molecule has 1 aromatic carbocycles. The molecule has 1 aliphatic heterocycles. The standard InChI is InChI=1S/C23H27N3O3/c1-15(2)23(28)26-22-21-13-24-19(9-17(21)12-25-22)11-20(27)10-18(14-29-3)16-7-5-4-6-8-16/h4-9,13,15,18H,10-12,14H2,1-3H3,(H,25,26,28)/t18-/m1/s1. The van der Waals surface area contributed by atoms with Crippen LogP contribution in [0.15, 0.2) is 47.6 Å². The number of hydrogen-bond donors (Lipinski definition) is 1. The molecule has 0 spiro atoms. The van der Waals surface area contributed by atoms with E-state index in [2.05, 4.69) is 15.3 Å². The van der Waals surface area contributed by atoms with Crippen molar-refractivity contribution < 1.29 is 14.3 Å². The molecule has 3 rings (SSSR count). The Bertz CT molecular complexity index is 907. The van der Waals surface area contributed by atoms with Crippen molar-refractivity contribution in [2.24, 2.45) is 10.9 Å². The van der Waals surface area contributed by atoms with E-state index < -0.39 is 0 Å². The molecular weight excluding hydrogens is 366 g/mol. The first kappa shape index (κ1) is 20.9. The number of Topliss-reactive ketones (excluding diaryl/α,β-unsaturated/α-hetero) is 1. The Morgan fingerprint density at radius 2 is 1.97 bits per heavy atom. The number of carbonyl (C=O) groups excluding carboxylic acids is 2. The number of nitrogens with one attached hydrogen (secondary N) is 1. The molecule has 6 nitrogen and oxygen atoms in total. The number of aromatic nitrogens is 1. The van der Waals surface area contributed by atoms with Gasteiger partial charge in [0.05, 0.1) is 13.2 Å². The summed E-state index contributed by atoms with van der Waals surface area (Å²) < 4.78 is 5.31. The molecule has 0 fully saturated rings. The first-order valence-corrected chi connectivity index (χ1v) is 9.87. The van der Waals surface area contributed by atoms with Crippen molar-refractivity contribution in [1.82, 2.24) is 10.3 Å². The molecule has 152 valence electrons. The average Bonchev–Trinajstić information content (AvgIpc) is 3.10. The molecule has 6 heteroatoms. The topological polar surface area (TPSA) is 80.6 Å². The number of methoxy groups -OCH3 is 1. The first-order chi connectivity index (χ1) is 14.0. The molecule has 0 saturated carbocycles. The largest absolute Gasteiger partial charge is 0.384 e. The fourth-order valence-corrected chi connectivity index (χ4v) is 3.35. The lowest BCUT2D eigenvalue weighted by Gasteiger charge is -2.16. The second kappa shape index (κ2) is 9.56. The van der Waals surface area contributed by atoms with Gasteiger partial charge in [-0.05, 0) is 17.2 Å². The monoisotopic (exact) mass is 393 g/mol. The summed E-state index contributed by atoms with van der Waals surface area (Å²) in [7, 11) is 1.65. The molecule has 0 aliphatic carbocycles. The lowest BCUT2D eigenvalue weighted by molar-refractivity contribution is -0.122. The van der Waals surface area contributed by atoms with E-state index in [1.165, 1.54) is 0 Å². The van der Waals surface area contributed by atoms with Crippen LogP contribution in [0.3, 0.4) is 0 Å². The van der Waals surface area contributed by atoms with Gasteiger partial charge in [-0.3, -0.25) is 19.6 Å². The lowest BCUT2D eigenvalue weighted by atomic mass is 9.93. The van der Waals surface area contributed by atoms with Crippen LogP contribution in [0.25, 0.3) is 0 Å². The minimum absolute atomic E-state index is 0.0318. The number of aliphatic imine (C=N–C) groups is 1. The summed E-state index contributed by atoms with van der Waals surface area (Å²) in [5.74, 6) is 0.533. The van der Waals surface area contributed by atoms with Gasteiger partial charge in [-0.25, -0.2) is 0 Å². The number of hydrogen-bond acceptors (Lipinski definition) is 5. The van der Waals surface area contributed by atoms with Crippen molar-refractivity contribution in [3.63, 3.8) is 0 Å². The molecule has 2 aromatic rings. The molecular formula is C23H27N3O3. The predicted octanol–water partition coefficient (Wildman–Crippen LogP) is 3.05. The highest BCUT2D eigenvalue weighted by Gasteiger charge is 2.21. The van der Waals surface area contributed by atoms with Crippen molar-refractivity contribution >= 4 is 17.5 Å². The molecule has 1 amide bonds. The van der Waals surface area contributed by atoms with Gasteiger partial charge in [-0.2, -0.15) is 0 Å². The van der Waals surface area contributed by atoms with E-state index in [0.717, 1.165) is 22.4 Å². The number of carbonyl (C=O) groups is 2. The average molecular weight is 393 g/mol. The Morgan fingerprint density at radius 1 is 1.21 bits per heavy atom. The van der Waals surface area contributed by atoms with Crippen LogP contribution < -0.4 is 5.32 Å². The summed E-state index contributed by atoms with van der Waals surface area (Å²) in [5.41, 5.74) is 3.64. The number of ether oxygens (including phenoxy) is 1. The van der Waals surface area contributed by atoms with Crippen LogP contribution in [0, 0.1) is 5.92 Å². The van der Waals surface area contributed by atoms with Crippen LogP contribution in [-0.2, 0) is 27.3 Å². The molecule has 1 atom stereocenters. The maximum absolute atomic E-state index is 12.7. The zero-order valence-electron chi connectivity index (χ0n) is 17.1. The van der Waals surface area contributed by atoms with E-state index in [-0.39, 0.29) is 29.9 Å². The summed E-state index contributed by atoms with van der Waals surface area (Å²) in [6, 6.07) is 11.9. The van der Waals surface area contributed by atoms with Crippen LogP contribution in [0.5, 0.6) is 0 Å². The Balaban J connectivity index is 1.64. The van der Waals surface area contributed by atoms with E-state index in [9.17, 15) is 9.59 Å². The normalized spacial score (nSPS) is 13.7. The second-order valence-electron chi connectivity index (χ2n) is 7.62. The Kier molecular flexibility index (Phi) is 6.88. The van der Waals surface area contributed by atoms with E-state index in [1.807, 2.05) is 50.2 Å². The van der Waals surface area contributed by atoms with Crippen LogP contribution in [0.2, 0.25) is 0 Å². The first-order valence-electron chi connectivity index (χ1n) is 9.87. The fraction of sp³-hybridized carbons (Fsp3) is 0.391. The van der Waals surface area contributed by atoms with Gasteiger partial charge in [-0.1, -0.05) is 44.2 Å². The smallest absolute Gasteiger partial charge is 0.228 e. The maximum atomic E-state index is 12.7. The number of benzene rings is 1. The third-order valence-corrected chi connectivity index (χ3v) is 4.97. The minimum atomic E-state index is -0.115. The summed E-state index contributed by atoms with van der Waals surface area (Å²) in [6.45, 7) is 4.67. The zero-order valence-corrected chi connectivity index (χ0v) is 17.1. The van der Waals surface area contributed by atoms with E-state index in [0.29, 0.717) is 25.4 Å².